The van der Waals surface area contributed by atoms with Gasteiger partial charge < -0.3 is 25.6 Å². The maximum atomic E-state index is 13.2. The van der Waals surface area contributed by atoms with Crippen molar-refractivity contribution in [3.63, 3.8) is 0 Å². The molecule has 5 atom stereocenters. The molecule has 3 heterocycles. The highest BCUT2D eigenvalue weighted by Gasteiger charge is 2.39. The molecule has 3 aliphatic rings. The lowest BCUT2D eigenvalue weighted by atomic mass is 10.0. The number of unbranched alkanes of at least 4 members (excludes halogenated alkanes) is 2. The number of carbonyl (C=O) groups is 5. The standard InChI is InChI=1S/C21H32N4O6/c1-12-18(27)22-13(2)19(28)24-14(7-4-3-5-9-16(26)17-11-31-17)21(30)25-10-6-8-15(25)20(29)23-12/h12-15,17H,3-11H2,1-2H3,(H,22,27)(H,23,29)(H,24,28)/t12-,13-,14-,15-,17?/m0/s1. The van der Waals surface area contributed by atoms with Gasteiger partial charge in [0, 0.05) is 13.0 Å². The normalized spacial score (nSPS) is 31.7. The second-order valence-corrected chi connectivity index (χ2v) is 8.60. The molecule has 4 amide bonds. The van der Waals surface area contributed by atoms with E-state index in [9.17, 15) is 24.0 Å². The van der Waals surface area contributed by atoms with Crippen LogP contribution in [0.15, 0.2) is 0 Å². The number of nitrogens with one attached hydrogen (secondary N) is 3. The molecule has 172 valence electrons. The number of hydrogen-bond donors (Lipinski definition) is 3. The number of rotatable bonds is 7. The van der Waals surface area contributed by atoms with Crippen LogP contribution in [0, 0.1) is 0 Å². The number of fused-ring (bicyclic) bond motifs is 1. The molecular weight excluding hydrogens is 404 g/mol. The molecule has 3 saturated heterocycles. The van der Waals surface area contributed by atoms with Crippen molar-refractivity contribution in [2.45, 2.75) is 89.1 Å². The van der Waals surface area contributed by atoms with Gasteiger partial charge in [-0.2, -0.15) is 0 Å². The molecule has 0 aromatic rings. The van der Waals surface area contributed by atoms with E-state index in [1.165, 1.54) is 4.90 Å². The number of carbonyl (C=O) groups excluding carboxylic acids is 5. The van der Waals surface area contributed by atoms with Crippen molar-refractivity contribution in [3.8, 4) is 0 Å². The first-order valence-electron chi connectivity index (χ1n) is 11.1. The smallest absolute Gasteiger partial charge is 0.245 e. The topological polar surface area (TPSA) is 137 Å². The summed E-state index contributed by atoms with van der Waals surface area (Å²) in [6, 6.07) is -3.07. The fourth-order valence-corrected chi connectivity index (χ4v) is 4.06. The first kappa shape index (κ1) is 23.2. The Labute approximate surface area is 181 Å². The first-order chi connectivity index (χ1) is 14.8. The predicted molar refractivity (Wildman–Crippen MR) is 110 cm³/mol. The van der Waals surface area contributed by atoms with Crippen LogP contribution in [0.4, 0.5) is 0 Å². The zero-order valence-electron chi connectivity index (χ0n) is 18.1. The molecule has 3 rings (SSSR count). The maximum absolute atomic E-state index is 13.2. The fourth-order valence-electron chi connectivity index (χ4n) is 4.06. The van der Waals surface area contributed by atoms with Crippen LogP contribution in [-0.4, -0.2) is 77.7 Å². The Morgan fingerprint density at radius 3 is 2.29 bits per heavy atom. The van der Waals surface area contributed by atoms with E-state index in [0.29, 0.717) is 51.7 Å². The lowest BCUT2D eigenvalue weighted by Crippen LogP contribution is -2.60. The lowest BCUT2D eigenvalue weighted by molar-refractivity contribution is -0.143. The molecule has 0 aromatic carbocycles. The lowest BCUT2D eigenvalue weighted by Gasteiger charge is -2.31. The van der Waals surface area contributed by atoms with Crippen LogP contribution in [0.1, 0.15) is 58.8 Å². The van der Waals surface area contributed by atoms with Crippen LogP contribution in [-0.2, 0) is 28.7 Å². The van der Waals surface area contributed by atoms with Gasteiger partial charge in [0.1, 0.15) is 30.3 Å². The number of ketones is 1. The number of Topliss-reactive ketones (excluding diaryl/α,β-unsaturated/α-hetero) is 1. The third-order valence-corrected chi connectivity index (χ3v) is 6.07. The summed E-state index contributed by atoms with van der Waals surface area (Å²) in [7, 11) is 0. The third kappa shape index (κ3) is 6.03. The van der Waals surface area contributed by atoms with E-state index < -0.39 is 36.0 Å². The van der Waals surface area contributed by atoms with E-state index in [0.717, 1.165) is 6.42 Å². The van der Waals surface area contributed by atoms with Gasteiger partial charge in [-0.3, -0.25) is 24.0 Å². The maximum Gasteiger partial charge on any atom is 0.245 e. The van der Waals surface area contributed by atoms with Crippen molar-refractivity contribution in [1.82, 2.24) is 20.9 Å². The molecule has 10 heteroatoms. The molecular formula is C21H32N4O6. The van der Waals surface area contributed by atoms with Gasteiger partial charge in [0.25, 0.3) is 0 Å². The molecule has 31 heavy (non-hydrogen) atoms. The quantitative estimate of drug-likeness (QED) is 0.360. The second-order valence-electron chi connectivity index (χ2n) is 8.60. The zero-order chi connectivity index (χ0) is 22.5. The van der Waals surface area contributed by atoms with Crippen molar-refractivity contribution < 1.29 is 28.7 Å². The predicted octanol–water partition coefficient (Wildman–Crippen LogP) is -0.596. The van der Waals surface area contributed by atoms with Crippen LogP contribution >= 0.6 is 0 Å². The summed E-state index contributed by atoms with van der Waals surface area (Å²) in [4.78, 5) is 64.0. The van der Waals surface area contributed by atoms with Crippen molar-refractivity contribution in [3.05, 3.63) is 0 Å². The Balaban J connectivity index is 1.65. The van der Waals surface area contributed by atoms with Gasteiger partial charge in [0.2, 0.25) is 23.6 Å². The molecule has 0 aromatic heterocycles. The molecule has 3 aliphatic heterocycles. The summed E-state index contributed by atoms with van der Waals surface area (Å²) in [5.41, 5.74) is 0. The highest BCUT2D eigenvalue weighted by molar-refractivity contribution is 5.97. The summed E-state index contributed by atoms with van der Waals surface area (Å²) in [5.74, 6) is -1.41. The van der Waals surface area contributed by atoms with E-state index in [2.05, 4.69) is 16.0 Å². The first-order valence-corrected chi connectivity index (χ1v) is 11.1. The molecule has 1 unspecified atom stereocenters. The van der Waals surface area contributed by atoms with Crippen molar-refractivity contribution in [2.24, 2.45) is 0 Å². The third-order valence-electron chi connectivity index (χ3n) is 6.07. The number of nitrogens with zero attached hydrogens (tertiary/aromatic N) is 1. The number of epoxide rings is 1. The van der Waals surface area contributed by atoms with Crippen LogP contribution < -0.4 is 16.0 Å². The van der Waals surface area contributed by atoms with Crippen molar-refractivity contribution in [2.75, 3.05) is 13.2 Å². The molecule has 0 spiro atoms. The van der Waals surface area contributed by atoms with Crippen LogP contribution in [0.25, 0.3) is 0 Å². The summed E-state index contributed by atoms with van der Waals surface area (Å²) < 4.78 is 4.98. The van der Waals surface area contributed by atoms with Gasteiger partial charge in [-0.05, 0) is 39.5 Å². The number of ether oxygens (including phenoxy) is 1. The molecule has 0 aliphatic carbocycles. The van der Waals surface area contributed by atoms with Gasteiger partial charge in [-0.15, -0.1) is 0 Å². The molecule has 0 bridgehead atoms. The highest BCUT2D eigenvalue weighted by Crippen LogP contribution is 2.21. The second kappa shape index (κ2) is 10.2. The Bertz CT molecular complexity index is 737. The average Bonchev–Trinajstić information content (AvgIpc) is 3.47. The minimum Gasteiger partial charge on any atom is -0.365 e. The van der Waals surface area contributed by atoms with Gasteiger partial charge in [-0.1, -0.05) is 12.8 Å². The van der Waals surface area contributed by atoms with E-state index in [-0.39, 0.29) is 23.7 Å². The Morgan fingerprint density at radius 1 is 0.968 bits per heavy atom. The van der Waals surface area contributed by atoms with E-state index in [1.54, 1.807) is 13.8 Å². The van der Waals surface area contributed by atoms with Crippen molar-refractivity contribution >= 4 is 29.4 Å². The van der Waals surface area contributed by atoms with Crippen LogP contribution in [0.5, 0.6) is 0 Å². The van der Waals surface area contributed by atoms with E-state index in [4.69, 9.17) is 4.74 Å². The summed E-state index contributed by atoms with van der Waals surface area (Å²) >= 11 is 0. The Morgan fingerprint density at radius 2 is 1.61 bits per heavy atom. The number of hydrogen-bond acceptors (Lipinski definition) is 6. The minimum absolute atomic E-state index is 0.111. The summed E-state index contributed by atoms with van der Waals surface area (Å²) in [6.45, 7) is 4.04. The zero-order valence-corrected chi connectivity index (χ0v) is 18.1. The monoisotopic (exact) mass is 436 g/mol. The van der Waals surface area contributed by atoms with Crippen molar-refractivity contribution in [1.29, 1.82) is 0 Å². The molecule has 3 N–H and O–H groups in total. The van der Waals surface area contributed by atoms with Crippen LogP contribution in [0.2, 0.25) is 0 Å². The van der Waals surface area contributed by atoms with Crippen LogP contribution in [0.3, 0.4) is 0 Å². The largest absolute Gasteiger partial charge is 0.365 e. The SMILES string of the molecule is C[C@@H]1NC(=O)[C@H](C)NC(=O)[C@@H]2CCCN2C(=O)[C@H](CCCCCC(=O)C2CO2)NC1=O. The average molecular weight is 437 g/mol. The summed E-state index contributed by atoms with van der Waals surface area (Å²) in [6.07, 6.45) is 3.92. The molecule has 3 fully saturated rings. The fraction of sp³-hybridized carbons (Fsp3) is 0.762. The minimum atomic E-state index is -0.841. The Kier molecular flexibility index (Phi) is 7.64. The molecule has 0 saturated carbocycles. The number of amides is 4. The van der Waals surface area contributed by atoms with Gasteiger partial charge >= 0.3 is 0 Å². The summed E-state index contributed by atoms with van der Waals surface area (Å²) in [5, 5.41) is 8.00. The highest BCUT2D eigenvalue weighted by atomic mass is 16.6. The van der Waals surface area contributed by atoms with Gasteiger partial charge in [0.15, 0.2) is 5.78 Å². The van der Waals surface area contributed by atoms with Gasteiger partial charge in [0.05, 0.1) is 6.61 Å². The van der Waals surface area contributed by atoms with Gasteiger partial charge in [-0.25, -0.2) is 0 Å². The Hall–Kier alpha value is -2.49. The van der Waals surface area contributed by atoms with E-state index >= 15 is 0 Å². The molecule has 0 radical (unpaired) electrons. The van der Waals surface area contributed by atoms with E-state index in [1.807, 2.05) is 0 Å². The molecule has 10 nitrogen and oxygen atoms in total.